The van der Waals surface area contributed by atoms with Crippen molar-refractivity contribution in [1.29, 1.82) is 0 Å². The Balaban J connectivity index is 2.99. The third-order valence-electron chi connectivity index (χ3n) is 1.01. The third-order valence-corrected chi connectivity index (χ3v) is 1.01. The predicted octanol–water partition coefficient (Wildman–Crippen LogP) is 2.57. The third kappa shape index (κ3) is 7.30. The highest BCUT2D eigenvalue weighted by Crippen LogP contribution is 1.95. The van der Waals surface area contributed by atoms with Crippen molar-refractivity contribution in [3.63, 3.8) is 0 Å². The molecule has 0 aliphatic carbocycles. The first-order chi connectivity index (χ1) is 4.41. The van der Waals surface area contributed by atoms with E-state index in [2.05, 4.69) is 25.3 Å². The summed E-state index contributed by atoms with van der Waals surface area (Å²) in [6.07, 6.45) is 6.00. The zero-order valence-electron chi connectivity index (χ0n) is 5.82. The summed E-state index contributed by atoms with van der Waals surface area (Å²) in [5.74, 6) is 5.77. The van der Waals surface area contributed by atoms with Crippen LogP contribution in [0.2, 0.25) is 0 Å². The minimum atomic E-state index is 0.988. The van der Waals surface area contributed by atoms with Gasteiger partial charge in [-0.1, -0.05) is 38.2 Å². The Labute approximate surface area is 58.0 Å². The second kappa shape index (κ2) is 7.30. The molecule has 0 heterocycles. The van der Waals surface area contributed by atoms with Crippen LogP contribution >= 0.6 is 0 Å². The van der Waals surface area contributed by atoms with Gasteiger partial charge in [0.2, 0.25) is 0 Å². The van der Waals surface area contributed by atoms with E-state index in [9.17, 15) is 0 Å². The molecule has 0 atom stereocenters. The summed E-state index contributed by atoms with van der Waals surface area (Å²) in [7, 11) is 0. The Bertz CT molecular complexity index is 112. The van der Waals surface area contributed by atoms with Gasteiger partial charge in [0, 0.05) is 6.42 Å². The SMILES string of the molecule is [CH2]CCCCC#CC=C. The molecule has 1 radical (unpaired) electrons. The predicted molar refractivity (Wildman–Crippen MR) is 41.8 cm³/mol. The molecular weight excluding hydrogens is 108 g/mol. The van der Waals surface area contributed by atoms with Crippen LogP contribution in [0.1, 0.15) is 25.7 Å². The van der Waals surface area contributed by atoms with Gasteiger partial charge >= 0.3 is 0 Å². The molecule has 0 aromatic rings. The van der Waals surface area contributed by atoms with Gasteiger partial charge in [0.1, 0.15) is 0 Å². The number of hydrogen-bond acceptors (Lipinski definition) is 0. The van der Waals surface area contributed by atoms with Crippen LogP contribution in [0.4, 0.5) is 0 Å². The molecule has 0 N–H and O–H groups in total. The van der Waals surface area contributed by atoms with Gasteiger partial charge in [-0.15, -0.1) is 0 Å². The molecule has 0 aromatic carbocycles. The summed E-state index contributed by atoms with van der Waals surface area (Å²) < 4.78 is 0. The van der Waals surface area contributed by atoms with Gasteiger partial charge in [-0.05, 0) is 12.5 Å². The van der Waals surface area contributed by atoms with Crippen molar-refractivity contribution in [2.45, 2.75) is 25.7 Å². The molecule has 0 nitrogen and oxygen atoms in total. The first kappa shape index (κ1) is 8.30. The van der Waals surface area contributed by atoms with E-state index in [0.29, 0.717) is 0 Å². The summed E-state index contributed by atoms with van der Waals surface area (Å²) in [5, 5.41) is 0. The highest BCUT2D eigenvalue weighted by Gasteiger charge is 1.78. The van der Waals surface area contributed by atoms with Crippen LogP contribution in [0.5, 0.6) is 0 Å². The van der Waals surface area contributed by atoms with E-state index in [1.165, 1.54) is 12.8 Å². The van der Waals surface area contributed by atoms with Crippen molar-refractivity contribution in [3.05, 3.63) is 19.6 Å². The lowest BCUT2D eigenvalue weighted by Crippen LogP contribution is -1.70. The molecule has 0 bridgehead atoms. The van der Waals surface area contributed by atoms with E-state index in [0.717, 1.165) is 12.8 Å². The number of allylic oxidation sites excluding steroid dienone is 1. The minimum absolute atomic E-state index is 0.988. The van der Waals surface area contributed by atoms with E-state index >= 15 is 0 Å². The fourth-order valence-corrected chi connectivity index (χ4v) is 0.535. The molecule has 0 rings (SSSR count). The largest absolute Gasteiger partial charge is 0.0985 e. The van der Waals surface area contributed by atoms with Gasteiger partial charge in [0.15, 0.2) is 0 Å². The average molecular weight is 121 g/mol. The van der Waals surface area contributed by atoms with Crippen molar-refractivity contribution in [3.8, 4) is 11.8 Å². The van der Waals surface area contributed by atoms with E-state index in [1.807, 2.05) is 0 Å². The Hall–Kier alpha value is -0.700. The van der Waals surface area contributed by atoms with Crippen molar-refractivity contribution >= 4 is 0 Å². The van der Waals surface area contributed by atoms with Crippen LogP contribution in [-0.2, 0) is 0 Å². The van der Waals surface area contributed by atoms with E-state index in [1.54, 1.807) is 6.08 Å². The van der Waals surface area contributed by atoms with E-state index in [-0.39, 0.29) is 0 Å². The summed E-state index contributed by atoms with van der Waals surface area (Å²) in [6.45, 7) is 7.23. The van der Waals surface area contributed by atoms with Gasteiger partial charge in [-0.2, -0.15) is 0 Å². The molecule has 0 heteroatoms. The van der Waals surface area contributed by atoms with Gasteiger partial charge < -0.3 is 0 Å². The van der Waals surface area contributed by atoms with Crippen LogP contribution < -0.4 is 0 Å². The van der Waals surface area contributed by atoms with Gasteiger partial charge in [-0.3, -0.25) is 0 Å². The molecule has 49 valence electrons. The number of unbranched alkanes of at least 4 members (excludes halogenated alkanes) is 3. The van der Waals surface area contributed by atoms with Crippen molar-refractivity contribution in [2.24, 2.45) is 0 Å². The molecule has 0 saturated carbocycles. The zero-order chi connectivity index (χ0) is 6.95. The van der Waals surface area contributed by atoms with E-state index < -0.39 is 0 Å². The topological polar surface area (TPSA) is 0 Å². The first-order valence-corrected chi connectivity index (χ1v) is 3.30. The van der Waals surface area contributed by atoms with Crippen LogP contribution in [0, 0.1) is 18.8 Å². The second-order valence-corrected chi connectivity index (χ2v) is 1.84. The quantitative estimate of drug-likeness (QED) is 0.397. The van der Waals surface area contributed by atoms with Gasteiger partial charge in [0.05, 0.1) is 0 Å². The monoisotopic (exact) mass is 121 g/mol. The molecule has 0 unspecified atom stereocenters. The molecule has 0 spiro atoms. The summed E-state index contributed by atoms with van der Waals surface area (Å²) in [5.41, 5.74) is 0. The Morgan fingerprint density at radius 3 is 2.67 bits per heavy atom. The maximum Gasteiger partial charge on any atom is 0.00922 e. The summed E-state index contributed by atoms with van der Waals surface area (Å²) in [6, 6.07) is 0. The van der Waals surface area contributed by atoms with Crippen molar-refractivity contribution < 1.29 is 0 Å². The average Bonchev–Trinajstić information content (AvgIpc) is 1.89. The highest BCUT2D eigenvalue weighted by atomic mass is 13.8. The van der Waals surface area contributed by atoms with Crippen LogP contribution in [-0.4, -0.2) is 0 Å². The van der Waals surface area contributed by atoms with Crippen LogP contribution in [0.3, 0.4) is 0 Å². The molecule has 9 heavy (non-hydrogen) atoms. The van der Waals surface area contributed by atoms with Crippen LogP contribution in [0.25, 0.3) is 0 Å². The summed E-state index contributed by atoms with van der Waals surface area (Å²) >= 11 is 0. The summed E-state index contributed by atoms with van der Waals surface area (Å²) in [4.78, 5) is 0. The zero-order valence-corrected chi connectivity index (χ0v) is 5.82. The standard InChI is InChI=1S/C9H13/c1-3-5-7-9-8-6-4-2/h3H,1-2,4,6,8-9H2. The smallest absolute Gasteiger partial charge is 0.00922 e. The lowest BCUT2D eigenvalue weighted by atomic mass is 10.2. The molecule has 0 aromatic heterocycles. The molecule has 0 fully saturated rings. The Morgan fingerprint density at radius 1 is 1.33 bits per heavy atom. The molecule has 0 amide bonds. The molecule has 0 aliphatic rings. The fraction of sp³-hybridized carbons (Fsp3) is 0.444. The maximum atomic E-state index is 3.74. The highest BCUT2D eigenvalue weighted by molar-refractivity contribution is 5.11. The Kier molecular flexibility index (Phi) is 6.73. The second-order valence-electron chi connectivity index (χ2n) is 1.84. The molecule has 0 saturated heterocycles. The normalized spacial score (nSPS) is 7.67. The number of hydrogen-bond donors (Lipinski definition) is 0. The van der Waals surface area contributed by atoms with Gasteiger partial charge in [-0.25, -0.2) is 0 Å². The first-order valence-electron chi connectivity index (χ1n) is 3.30. The number of rotatable bonds is 3. The lowest BCUT2D eigenvalue weighted by molar-refractivity contribution is 0.770. The minimum Gasteiger partial charge on any atom is -0.0985 e. The Morgan fingerprint density at radius 2 is 2.11 bits per heavy atom. The van der Waals surface area contributed by atoms with Gasteiger partial charge in [0.25, 0.3) is 0 Å². The van der Waals surface area contributed by atoms with E-state index in [4.69, 9.17) is 0 Å². The molecular formula is C9H13. The molecule has 0 aliphatic heterocycles. The van der Waals surface area contributed by atoms with Crippen molar-refractivity contribution in [1.82, 2.24) is 0 Å². The fourth-order valence-electron chi connectivity index (χ4n) is 0.535. The lowest BCUT2D eigenvalue weighted by Gasteiger charge is -1.86. The maximum absolute atomic E-state index is 3.74. The van der Waals surface area contributed by atoms with Crippen molar-refractivity contribution in [2.75, 3.05) is 0 Å². The van der Waals surface area contributed by atoms with Crippen LogP contribution in [0.15, 0.2) is 12.7 Å².